The van der Waals surface area contributed by atoms with E-state index in [9.17, 15) is 4.79 Å². The number of ether oxygens (including phenoxy) is 1. The highest BCUT2D eigenvalue weighted by molar-refractivity contribution is 6.31. The van der Waals surface area contributed by atoms with Crippen LogP contribution in [0.25, 0.3) is 0 Å². The molecule has 0 aliphatic heterocycles. The van der Waals surface area contributed by atoms with E-state index in [1.807, 2.05) is 42.5 Å². The average Bonchev–Trinajstić information content (AvgIpc) is 2.39. The van der Waals surface area contributed by atoms with Gasteiger partial charge in [0.05, 0.1) is 6.42 Å². The summed E-state index contributed by atoms with van der Waals surface area (Å²) in [5, 5.41) is 0.685. The van der Waals surface area contributed by atoms with Crippen LogP contribution in [0.4, 0.5) is 0 Å². The first kappa shape index (κ1) is 12.7. The minimum Gasteiger partial charge on any atom is -0.427 e. The first-order valence-corrected chi connectivity index (χ1v) is 6.12. The molecule has 0 N–H and O–H groups in total. The van der Waals surface area contributed by atoms with Crippen LogP contribution in [-0.2, 0) is 11.2 Å². The molecule has 2 nitrogen and oxygen atoms in total. The van der Waals surface area contributed by atoms with Crippen LogP contribution in [0.2, 0.25) is 5.02 Å². The molecule has 92 valence electrons. The summed E-state index contributed by atoms with van der Waals surface area (Å²) in [6.07, 6.45) is 0.907. The summed E-state index contributed by atoms with van der Waals surface area (Å²) in [5.74, 6) is 0.322. The van der Waals surface area contributed by atoms with Crippen molar-refractivity contribution in [1.29, 1.82) is 0 Å². The fourth-order valence-electron chi connectivity index (χ4n) is 1.61. The van der Waals surface area contributed by atoms with Crippen molar-refractivity contribution in [2.24, 2.45) is 0 Å². The third kappa shape index (κ3) is 3.60. The van der Waals surface area contributed by atoms with Gasteiger partial charge in [-0.1, -0.05) is 48.0 Å². The molecule has 3 heteroatoms. The van der Waals surface area contributed by atoms with Crippen molar-refractivity contribution >= 4 is 17.6 Å². The van der Waals surface area contributed by atoms with Gasteiger partial charge >= 0.3 is 5.97 Å². The highest BCUT2D eigenvalue weighted by atomic mass is 35.5. The van der Waals surface area contributed by atoms with Gasteiger partial charge in [-0.2, -0.15) is 0 Å². The number of carbonyl (C=O) groups excluding carboxylic acids is 1. The third-order valence-corrected chi connectivity index (χ3v) is 2.90. The van der Waals surface area contributed by atoms with E-state index in [-0.39, 0.29) is 5.97 Å². The van der Waals surface area contributed by atoms with Crippen molar-refractivity contribution in [1.82, 2.24) is 0 Å². The molecule has 18 heavy (non-hydrogen) atoms. The van der Waals surface area contributed by atoms with E-state index in [4.69, 9.17) is 16.3 Å². The molecule has 0 aliphatic carbocycles. The molecule has 2 rings (SSSR count). The van der Waals surface area contributed by atoms with E-state index in [1.165, 1.54) is 0 Å². The number of hydrogen-bond acceptors (Lipinski definition) is 2. The maximum absolute atomic E-state index is 11.6. The number of aryl methyl sites for hydroxylation is 1. The Kier molecular flexibility index (Phi) is 4.37. The molecule has 0 unspecified atom stereocenters. The number of rotatable bonds is 4. The van der Waals surface area contributed by atoms with Crippen LogP contribution in [0.15, 0.2) is 54.6 Å². The minimum absolute atomic E-state index is 0.249. The zero-order valence-electron chi connectivity index (χ0n) is 9.80. The van der Waals surface area contributed by atoms with Crippen molar-refractivity contribution in [3.05, 3.63) is 65.2 Å². The number of halogens is 1. The topological polar surface area (TPSA) is 26.3 Å². The van der Waals surface area contributed by atoms with Gasteiger partial charge in [-0.15, -0.1) is 0 Å². The summed E-state index contributed by atoms with van der Waals surface area (Å²) in [7, 11) is 0. The van der Waals surface area contributed by atoms with Gasteiger partial charge in [0.15, 0.2) is 0 Å². The predicted molar refractivity (Wildman–Crippen MR) is 71.9 cm³/mol. The molecule has 0 saturated carbocycles. The smallest absolute Gasteiger partial charge is 0.311 e. The molecular weight excluding hydrogens is 248 g/mol. The van der Waals surface area contributed by atoms with Crippen molar-refractivity contribution in [2.75, 3.05) is 0 Å². The van der Waals surface area contributed by atoms with E-state index in [0.29, 0.717) is 23.6 Å². The van der Waals surface area contributed by atoms with Gasteiger partial charge < -0.3 is 4.74 Å². The summed E-state index contributed by atoms with van der Waals surface area (Å²) >= 11 is 6.02. The highest BCUT2D eigenvalue weighted by Crippen LogP contribution is 2.17. The van der Waals surface area contributed by atoms with Gasteiger partial charge in [-0.25, -0.2) is 0 Å². The quantitative estimate of drug-likeness (QED) is 0.616. The number of hydrogen-bond donors (Lipinski definition) is 0. The molecule has 0 atom stereocenters. The largest absolute Gasteiger partial charge is 0.427 e. The molecule has 2 aromatic carbocycles. The Labute approximate surface area is 111 Å². The van der Waals surface area contributed by atoms with Crippen molar-refractivity contribution < 1.29 is 9.53 Å². The van der Waals surface area contributed by atoms with E-state index in [0.717, 1.165) is 5.56 Å². The lowest BCUT2D eigenvalue weighted by Crippen LogP contribution is -2.09. The van der Waals surface area contributed by atoms with Crippen LogP contribution in [0.5, 0.6) is 5.75 Å². The molecular formula is C15H13ClO2. The minimum atomic E-state index is -0.249. The first-order valence-electron chi connectivity index (χ1n) is 5.75. The Morgan fingerprint density at radius 2 is 1.67 bits per heavy atom. The van der Waals surface area contributed by atoms with Crippen LogP contribution in [-0.4, -0.2) is 5.97 Å². The predicted octanol–water partition coefficient (Wildman–Crippen LogP) is 3.88. The van der Waals surface area contributed by atoms with E-state index in [2.05, 4.69) is 0 Å². The third-order valence-electron chi connectivity index (χ3n) is 2.53. The second-order valence-corrected chi connectivity index (χ2v) is 4.29. The van der Waals surface area contributed by atoms with Crippen molar-refractivity contribution in [3.63, 3.8) is 0 Å². The second-order valence-electron chi connectivity index (χ2n) is 3.88. The zero-order chi connectivity index (χ0) is 12.8. The molecule has 0 saturated heterocycles. The Morgan fingerprint density at radius 3 is 2.39 bits per heavy atom. The lowest BCUT2D eigenvalue weighted by molar-refractivity contribution is -0.134. The molecule has 0 amide bonds. The van der Waals surface area contributed by atoms with Gasteiger partial charge in [0.2, 0.25) is 0 Å². The molecule has 0 spiro atoms. The maximum atomic E-state index is 11.6. The fraction of sp³-hybridized carbons (Fsp3) is 0.133. The summed E-state index contributed by atoms with van der Waals surface area (Å²) < 4.78 is 5.19. The highest BCUT2D eigenvalue weighted by Gasteiger charge is 2.06. The van der Waals surface area contributed by atoms with Crippen LogP contribution in [0, 0.1) is 0 Å². The number of esters is 1. The molecule has 0 fully saturated rings. The number of para-hydroxylation sites is 1. The molecule has 0 heterocycles. The van der Waals surface area contributed by atoms with Crippen LogP contribution in [0.1, 0.15) is 12.0 Å². The Morgan fingerprint density at radius 1 is 1.00 bits per heavy atom. The summed E-state index contributed by atoms with van der Waals surface area (Å²) in [6.45, 7) is 0. The van der Waals surface area contributed by atoms with Gasteiger partial charge in [-0.05, 0) is 30.2 Å². The summed E-state index contributed by atoms with van der Waals surface area (Å²) in [5.41, 5.74) is 0.962. The standard InChI is InChI=1S/C15H13ClO2/c16-14-9-5-4-6-12(14)10-11-15(17)18-13-7-2-1-3-8-13/h1-9H,10-11H2. The van der Waals surface area contributed by atoms with Crippen molar-refractivity contribution in [3.8, 4) is 5.75 Å². The lowest BCUT2D eigenvalue weighted by Gasteiger charge is -2.05. The summed E-state index contributed by atoms with van der Waals surface area (Å²) in [4.78, 5) is 11.6. The average molecular weight is 261 g/mol. The molecule has 0 aliphatic rings. The van der Waals surface area contributed by atoms with Crippen LogP contribution >= 0.6 is 11.6 Å². The lowest BCUT2D eigenvalue weighted by atomic mass is 10.1. The Balaban J connectivity index is 1.88. The SMILES string of the molecule is O=C(CCc1ccccc1Cl)Oc1ccccc1. The Hall–Kier alpha value is -1.80. The molecule has 0 bridgehead atoms. The van der Waals surface area contributed by atoms with Crippen molar-refractivity contribution in [2.45, 2.75) is 12.8 Å². The van der Waals surface area contributed by atoms with Gasteiger partial charge in [-0.3, -0.25) is 4.79 Å². The molecule has 2 aromatic rings. The Bertz CT molecular complexity index is 523. The summed E-state index contributed by atoms with van der Waals surface area (Å²) in [6, 6.07) is 16.6. The number of benzene rings is 2. The first-order chi connectivity index (χ1) is 8.75. The van der Waals surface area contributed by atoms with Crippen LogP contribution in [0.3, 0.4) is 0 Å². The van der Waals surface area contributed by atoms with Gasteiger partial charge in [0.25, 0.3) is 0 Å². The van der Waals surface area contributed by atoms with E-state index < -0.39 is 0 Å². The second kappa shape index (κ2) is 6.22. The number of carbonyl (C=O) groups is 1. The normalized spacial score (nSPS) is 10.1. The van der Waals surface area contributed by atoms with Gasteiger partial charge in [0, 0.05) is 5.02 Å². The van der Waals surface area contributed by atoms with Gasteiger partial charge in [0.1, 0.15) is 5.75 Å². The molecule has 0 aromatic heterocycles. The molecule has 0 radical (unpaired) electrons. The maximum Gasteiger partial charge on any atom is 0.311 e. The van der Waals surface area contributed by atoms with E-state index >= 15 is 0 Å². The van der Waals surface area contributed by atoms with Crippen LogP contribution < -0.4 is 4.74 Å². The zero-order valence-corrected chi connectivity index (χ0v) is 10.6. The van der Waals surface area contributed by atoms with E-state index in [1.54, 1.807) is 12.1 Å². The monoisotopic (exact) mass is 260 g/mol. The fourth-order valence-corrected chi connectivity index (χ4v) is 1.84.